The molecule has 0 bridgehead atoms. The molecule has 1 aliphatic heterocycles. The number of hydrogen-bond donors (Lipinski definition) is 2. The van der Waals surface area contributed by atoms with Crippen LogP contribution in [0.2, 0.25) is 0 Å². The number of pyridine rings is 1. The minimum absolute atomic E-state index is 0.0100. The van der Waals surface area contributed by atoms with Gasteiger partial charge in [-0.3, -0.25) is 4.79 Å². The lowest BCUT2D eigenvalue weighted by Gasteiger charge is -2.31. The molecule has 2 aromatic rings. The second-order valence-corrected chi connectivity index (χ2v) is 4.90. The monoisotopic (exact) mass is 243 g/mol. The summed E-state index contributed by atoms with van der Waals surface area (Å²) < 4.78 is 0. The van der Waals surface area contributed by atoms with Crippen molar-refractivity contribution in [3.05, 3.63) is 40.7 Å². The molecule has 4 nitrogen and oxygen atoms in total. The van der Waals surface area contributed by atoms with Crippen molar-refractivity contribution in [1.82, 2.24) is 4.98 Å². The van der Waals surface area contributed by atoms with E-state index >= 15 is 0 Å². The van der Waals surface area contributed by atoms with Crippen LogP contribution in [0.25, 0.3) is 10.9 Å². The maximum Gasteiger partial charge on any atom is 0.271 e. The number of aromatic nitrogens is 1. The van der Waals surface area contributed by atoms with Crippen LogP contribution in [0.4, 0.5) is 5.69 Å². The Morgan fingerprint density at radius 2 is 1.94 bits per heavy atom. The zero-order chi connectivity index (χ0) is 12.5. The summed E-state index contributed by atoms with van der Waals surface area (Å²) >= 11 is 0. The smallest absolute Gasteiger partial charge is 0.271 e. The number of aromatic amines is 1. The van der Waals surface area contributed by atoms with E-state index < -0.39 is 0 Å². The average molecular weight is 243 g/mol. The van der Waals surface area contributed by atoms with Crippen LogP contribution < -0.4 is 16.2 Å². The number of nitrogens with one attached hydrogen (secondary N) is 1. The van der Waals surface area contributed by atoms with E-state index in [1.807, 2.05) is 30.3 Å². The Kier molecular flexibility index (Phi) is 2.80. The summed E-state index contributed by atoms with van der Waals surface area (Å²) in [6.45, 7) is 1.73. The van der Waals surface area contributed by atoms with E-state index in [2.05, 4.69) is 9.88 Å². The van der Waals surface area contributed by atoms with Crippen molar-refractivity contribution in [1.29, 1.82) is 0 Å². The van der Waals surface area contributed by atoms with Crippen molar-refractivity contribution in [2.24, 2.45) is 5.73 Å². The molecular weight excluding hydrogens is 226 g/mol. The van der Waals surface area contributed by atoms with Crippen LogP contribution in [-0.4, -0.2) is 24.1 Å². The zero-order valence-electron chi connectivity index (χ0n) is 10.2. The third-order valence-electron chi connectivity index (χ3n) is 3.61. The number of piperidine rings is 1. The molecule has 2 heterocycles. The molecule has 0 amide bonds. The predicted octanol–water partition coefficient (Wildman–Crippen LogP) is 1.46. The van der Waals surface area contributed by atoms with Crippen LogP contribution in [-0.2, 0) is 0 Å². The number of nitrogens with zero attached hydrogens (tertiary/aromatic N) is 1. The quantitative estimate of drug-likeness (QED) is 0.797. The summed E-state index contributed by atoms with van der Waals surface area (Å²) in [6, 6.07) is 10.1. The first-order chi connectivity index (χ1) is 8.74. The molecule has 1 aromatic heterocycles. The first-order valence-electron chi connectivity index (χ1n) is 6.36. The average Bonchev–Trinajstić information content (AvgIpc) is 2.39. The van der Waals surface area contributed by atoms with Gasteiger partial charge in [-0.05, 0) is 25.0 Å². The van der Waals surface area contributed by atoms with Crippen LogP contribution in [0.3, 0.4) is 0 Å². The fourth-order valence-corrected chi connectivity index (χ4v) is 2.51. The van der Waals surface area contributed by atoms with Crippen molar-refractivity contribution >= 4 is 16.6 Å². The highest BCUT2D eigenvalue weighted by Crippen LogP contribution is 2.19. The Morgan fingerprint density at radius 1 is 1.22 bits per heavy atom. The Balaban J connectivity index is 2.01. The summed E-state index contributed by atoms with van der Waals surface area (Å²) in [6.07, 6.45) is 1.90. The molecule has 0 atom stereocenters. The van der Waals surface area contributed by atoms with Gasteiger partial charge < -0.3 is 15.6 Å². The first-order valence-corrected chi connectivity index (χ1v) is 6.36. The number of H-pyrrole nitrogens is 1. The fourth-order valence-electron chi connectivity index (χ4n) is 2.51. The number of hydrogen-bond acceptors (Lipinski definition) is 3. The molecule has 3 N–H and O–H groups in total. The predicted molar refractivity (Wildman–Crippen MR) is 74.0 cm³/mol. The summed E-state index contributed by atoms with van der Waals surface area (Å²) in [4.78, 5) is 17.2. The van der Waals surface area contributed by atoms with Gasteiger partial charge in [0.25, 0.3) is 5.56 Å². The molecule has 1 aromatic carbocycles. The van der Waals surface area contributed by atoms with Crippen LogP contribution >= 0.6 is 0 Å². The molecule has 0 saturated carbocycles. The van der Waals surface area contributed by atoms with E-state index in [0.29, 0.717) is 0 Å². The molecule has 94 valence electrons. The molecule has 0 unspecified atom stereocenters. The minimum Gasteiger partial charge on any atom is -0.367 e. The molecule has 0 spiro atoms. The van der Waals surface area contributed by atoms with Gasteiger partial charge in [-0.25, -0.2) is 0 Å². The highest BCUT2D eigenvalue weighted by molar-refractivity contribution is 5.81. The third-order valence-corrected chi connectivity index (χ3v) is 3.61. The number of fused-ring (bicyclic) bond motifs is 1. The minimum atomic E-state index is -0.0100. The van der Waals surface area contributed by atoms with E-state index in [4.69, 9.17) is 5.73 Å². The number of para-hydroxylation sites is 1. The van der Waals surface area contributed by atoms with Crippen LogP contribution in [0.15, 0.2) is 35.1 Å². The molecule has 4 heteroatoms. The number of anilines is 1. The largest absolute Gasteiger partial charge is 0.367 e. The normalized spacial score (nSPS) is 17.3. The van der Waals surface area contributed by atoms with Crippen molar-refractivity contribution in [3.8, 4) is 0 Å². The van der Waals surface area contributed by atoms with Gasteiger partial charge in [-0.15, -0.1) is 0 Å². The lowest BCUT2D eigenvalue weighted by Crippen LogP contribution is -2.41. The van der Waals surface area contributed by atoms with Crippen molar-refractivity contribution in [3.63, 3.8) is 0 Å². The SMILES string of the molecule is NC1CCN(c2cc3ccccc3[nH]c2=O)CC1. The lowest BCUT2D eigenvalue weighted by atomic mass is 10.1. The van der Waals surface area contributed by atoms with Crippen LogP contribution in [0.5, 0.6) is 0 Å². The molecule has 18 heavy (non-hydrogen) atoms. The van der Waals surface area contributed by atoms with E-state index in [1.54, 1.807) is 0 Å². The molecule has 1 saturated heterocycles. The van der Waals surface area contributed by atoms with Crippen molar-refractivity contribution in [2.75, 3.05) is 18.0 Å². The summed E-state index contributed by atoms with van der Waals surface area (Å²) in [5.41, 5.74) is 7.53. The van der Waals surface area contributed by atoms with Crippen molar-refractivity contribution < 1.29 is 0 Å². The van der Waals surface area contributed by atoms with E-state index in [9.17, 15) is 4.79 Å². The molecule has 0 aliphatic carbocycles. The Hall–Kier alpha value is -1.81. The number of rotatable bonds is 1. The fraction of sp³-hybridized carbons (Fsp3) is 0.357. The van der Waals surface area contributed by atoms with Gasteiger partial charge in [0.1, 0.15) is 5.69 Å². The molecular formula is C14H17N3O. The van der Waals surface area contributed by atoms with Gasteiger partial charge in [0.15, 0.2) is 0 Å². The van der Waals surface area contributed by atoms with Crippen LogP contribution in [0, 0.1) is 0 Å². The molecule has 3 rings (SSSR count). The lowest BCUT2D eigenvalue weighted by molar-refractivity contribution is 0.500. The van der Waals surface area contributed by atoms with Gasteiger partial charge in [0.2, 0.25) is 0 Å². The Labute approximate surface area is 105 Å². The molecule has 1 aliphatic rings. The summed E-state index contributed by atoms with van der Waals surface area (Å²) in [5.74, 6) is 0. The second kappa shape index (κ2) is 4.46. The first kappa shape index (κ1) is 11.3. The third kappa shape index (κ3) is 1.99. The molecule has 1 fully saturated rings. The van der Waals surface area contributed by atoms with Crippen molar-refractivity contribution in [2.45, 2.75) is 18.9 Å². The maximum absolute atomic E-state index is 12.1. The van der Waals surface area contributed by atoms with Gasteiger partial charge in [0.05, 0.1) is 0 Å². The highest BCUT2D eigenvalue weighted by Gasteiger charge is 2.18. The summed E-state index contributed by atoms with van der Waals surface area (Å²) in [7, 11) is 0. The summed E-state index contributed by atoms with van der Waals surface area (Å²) in [5, 5.41) is 1.07. The van der Waals surface area contributed by atoms with E-state index in [0.717, 1.165) is 42.5 Å². The Bertz CT molecular complexity index is 612. The molecule has 0 radical (unpaired) electrons. The van der Waals surface area contributed by atoms with Gasteiger partial charge in [0, 0.05) is 30.0 Å². The topological polar surface area (TPSA) is 62.1 Å². The Morgan fingerprint density at radius 3 is 2.72 bits per heavy atom. The van der Waals surface area contributed by atoms with Gasteiger partial charge in [-0.1, -0.05) is 18.2 Å². The number of benzene rings is 1. The van der Waals surface area contributed by atoms with Gasteiger partial charge in [-0.2, -0.15) is 0 Å². The van der Waals surface area contributed by atoms with E-state index in [1.165, 1.54) is 0 Å². The second-order valence-electron chi connectivity index (χ2n) is 4.90. The standard InChI is InChI=1S/C14H17N3O/c15-11-5-7-17(8-6-11)13-9-10-3-1-2-4-12(10)16-14(13)18/h1-4,9,11H,5-8,15H2,(H,16,18). The van der Waals surface area contributed by atoms with Crippen LogP contribution in [0.1, 0.15) is 12.8 Å². The van der Waals surface area contributed by atoms with E-state index in [-0.39, 0.29) is 11.6 Å². The van der Waals surface area contributed by atoms with Gasteiger partial charge >= 0.3 is 0 Å². The maximum atomic E-state index is 12.1. The highest BCUT2D eigenvalue weighted by atomic mass is 16.1. The number of nitrogens with two attached hydrogens (primary N) is 1. The zero-order valence-corrected chi connectivity index (χ0v) is 10.2.